The van der Waals surface area contributed by atoms with Gasteiger partial charge in [-0.2, -0.15) is 0 Å². The van der Waals surface area contributed by atoms with E-state index in [-0.39, 0.29) is 12.1 Å². The third-order valence-electron chi connectivity index (χ3n) is 3.88. The lowest BCUT2D eigenvalue weighted by molar-refractivity contribution is -0.0337. The van der Waals surface area contributed by atoms with Gasteiger partial charge in [0.1, 0.15) is 18.5 Å². The first-order valence-electron chi connectivity index (χ1n) is 8.13. The van der Waals surface area contributed by atoms with Gasteiger partial charge in [0.2, 0.25) is 0 Å². The third kappa shape index (κ3) is 4.49. The smallest absolute Gasteiger partial charge is 0.322 e. The molecule has 2 amide bonds. The van der Waals surface area contributed by atoms with Gasteiger partial charge < -0.3 is 19.7 Å². The second kappa shape index (κ2) is 7.84. The van der Waals surface area contributed by atoms with Crippen molar-refractivity contribution in [1.82, 2.24) is 4.90 Å². The monoisotopic (exact) mass is 326 g/mol. The fraction of sp³-hybridized carbons (Fsp3) is 0.316. The average molecular weight is 326 g/mol. The summed E-state index contributed by atoms with van der Waals surface area (Å²) in [6.07, 6.45) is -0.124. The van der Waals surface area contributed by atoms with Crippen LogP contribution in [0.4, 0.5) is 10.5 Å². The van der Waals surface area contributed by atoms with Crippen molar-refractivity contribution >= 4 is 11.7 Å². The van der Waals surface area contributed by atoms with E-state index in [0.717, 1.165) is 17.0 Å². The zero-order valence-corrected chi connectivity index (χ0v) is 13.8. The summed E-state index contributed by atoms with van der Waals surface area (Å²) in [5.74, 6) is 0.824. The predicted molar refractivity (Wildman–Crippen MR) is 93.4 cm³/mol. The Balaban J connectivity index is 1.51. The highest BCUT2D eigenvalue weighted by molar-refractivity contribution is 5.89. The molecule has 1 fully saturated rings. The van der Waals surface area contributed by atoms with Crippen LogP contribution in [0.15, 0.2) is 54.6 Å². The Morgan fingerprint density at radius 3 is 2.88 bits per heavy atom. The molecule has 0 saturated carbocycles. The normalized spacial score (nSPS) is 17.4. The lowest BCUT2D eigenvalue weighted by Gasteiger charge is -2.32. The molecule has 126 valence electrons. The van der Waals surface area contributed by atoms with Crippen molar-refractivity contribution in [2.45, 2.75) is 13.0 Å². The summed E-state index contributed by atoms with van der Waals surface area (Å²) in [7, 11) is 0. The number of morpholine rings is 1. The fourth-order valence-electron chi connectivity index (χ4n) is 2.62. The molecule has 1 aliphatic heterocycles. The lowest BCUT2D eigenvalue weighted by Crippen LogP contribution is -2.49. The molecule has 3 rings (SSSR count). The molecular formula is C19H22N2O3. The van der Waals surface area contributed by atoms with Gasteiger partial charge in [0.25, 0.3) is 0 Å². The number of nitrogens with zero attached hydrogens (tertiary/aromatic N) is 1. The van der Waals surface area contributed by atoms with E-state index >= 15 is 0 Å². The molecule has 1 saturated heterocycles. The summed E-state index contributed by atoms with van der Waals surface area (Å²) in [5, 5.41) is 2.90. The van der Waals surface area contributed by atoms with Crippen LogP contribution in [0, 0.1) is 6.92 Å². The Morgan fingerprint density at radius 1 is 1.25 bits per heavy atom. The Labute approximate surface area is 142 Å². The molecule has 1 heterocycles. The number of rotatable bonds is 4. The molecule has 24 heavy (non-hydrogen) atoms. The Kier molecular flexibility index (Phi) is 5.33. The number of hydrogen-bond donors (Lipinski definition) is 1. The van der Waals surface area contributed by atoms with Crippen molar-refractivity contribution in [2.75, 3.05) is 31.6 Å². The number of carbonyl (C=O) groups is 1. The van der Waals surface area contributed by atoms with Crippen LogP contribution in [0.25, 0.3) is 0 Å². The van der Waals surface area contributed by atoms with Crippen molar-refractivity contribution in [3.8, 4) is 5.75 Å². The van der Waals surface area contributed by atoms with Crippen LogP contribution in [0.5, 0.6) is 5.75 Å². The van der Waals surface area contributed by atoms with Crippen LogP contribution in [0.3, 0.4) is 0 Å². The topological polar surface area (TPSA) is 50.8 Å². The van der Waals surface area contributed by atoms with Gasteiger partial charge in [-0.15, -0.1) is 0 Å². The first-order valence-corrected chi connectivity index (χ1v) is 8.13. The van der Waals surface area contributed by atoms with Gasteiger partial charge in [-0.25, -0.2) is 4.79 Å². The van der Waals surface area contributed by atoms with E-state index in [4.69, 9.17) is 9.47 Å². The number of urea groups is 1. The largest absolute Gasteiger partial charge is 0.491 e. The van der Waals surface area contributed by atoms with Crippen molar-refractivity contribution in [2.24, 2.45) is 0 Å². The van der Waals surface area contributed by atoms with Crippen molar-refractivity contribution < 1.29 is 14.3 Å². The maximum Gasteiger partial charge on any atom is 0.322 e. The van der Waals surface area contributed by atoms with Crippen molar-refractivity contribution in [3.63, 3.8) is 0 Å². The maximum atomic E-state index is 12.4. The second-order valence-electron chi connectivity index (χ2n) is 5.86. The highest BCUT2D eigenvalue weighted by Crippen LogP contribution is 2.15. The van der Waals surface area contributed by atoms with Crippen molar-refractivity contribution in [1.29, 1.82) is 0 Å². The van der Waals surface area contributed by atoms with E-state index in [1.165, 1.54) is 0 Å². The summed E-state index contributed by atoms with van der Waals surface area (Å²) in [6.45, 7) is 4.08. The van der Waals surface area contributed by atoms with E-state index in [9.17, 15) is 4.79 Å². The standard InChI is InChI=1S/C19H22N2O3/c1-15-6-5-9-17(12-15)24-14-18-13-21(10-11-23-18)19(22)20-16-7-3-2-4-8-16/h2-9,12,18H,10-11,13-14H2,1H3,(H,20,22). The Bertz CT molecular complexity index is 675. The van der Waals surface area contributed by atoms with Crippen LogP contribution in [0.1, 0.15) is 5.56 Å². The van der Waals surface area contributed by atoms with Crippen LogP contribution >= 0.6 is 0 Å². The minimum atomic E-state index is -0.124. The number of ether oxygens (including phenoxy) is 2. The molecule has 0 aliphatic carbocycles. The molecule has 1 aliphatic rings. The zero-order valence-electron chi connectivity index (χ0n) is 13.8. The minimum Gasteiger partial charge on any atom is -0.491 e. The molecule has 2 aromatic carbocycles. The number of benzene rings is 2. The van der Waals surface area contributed by atoms with Crippen molar-refractivity contribution in [3.05, 3.63) is 60.2 Å². The van der Waals surface area contributed by atoms with Crippen LogP contribution < -0.4 is 10.1 Å². The maximum absolute atomic E-state index is 12.4. The van der Waals surface area contributed by atoms with Gasteiger partial charge in [0, 0.05) is 12.2 Å². The van der Waals surface area contributed by atoms with E-state index < -0.39 is 0 Å². The summed E-state index contributed by atoms with van der Waals surface area (Å²) >= 11 is 0. The van der Waals surface area contributed by atoms with Gasteiger partial charge in [0.15, 0.2) is 0 Å². The molecular weight excluding hydrogens is 304 g/mol. The molecule has 0 aromatic heterocycles. The molecule has 1 unspecified atom stereocenters. The summed E-state index contributed by atoms with van der Waals surface area (Å²) in [6, 6.07) is 17.3. The highest BCUT2D eigenvalue weighted by atomic mass is 16.5. The lowest BCUT2D eigenvalue weighted by atomic mass is 10.2. The van der Waals surface area contributed by atoms with Crippen LogP contribution in [-0.2, 0) is 4.74 Å². The number of para-hydroxylation sites is 1. The van der Waals surface area contributed by atoms with Crippen LogP contribution in [0.2, 0.25) is 0 Å². The molecule has 5 nitrogen and oxygen atoms in total. The zero-order chi connectivity index (χ0) is 16.8. The molecule has 5 heteroatoms. The number of nitrogens with one attached hydrogen (secondary N) is 1. The summed E-state index contributed by atoms with van der Waals surface area (Å²) in [5.41, 5.74) is 1.95. The molecule has 0 spiro atoms. The molecule has 1 atom stereocenters. The van der Waals surface area contributed by atoms with Gasteiger partial charge in [-0.3, -0.25) is 0 Å². The predicted octanol–water partition coefficient (Wildman–Crippen LogP) is 3.31. The second-order valence-corrected chi connectivity index (χ2v) is 5.86. The van der Waals surface area contributed by atoms with E-state index in [1.54, 1.807) is 4.90 Å². The minimum absolute atomic E-state index is 0.106. The van der Waals surface area contributed by atoms with E-state index in [1.807, 2.05) is 61.5 Å². The van der Waals surface area contributed by atoms with E-state index in [0.29, 0.717) is 26.3 Å². The SMILES string of the molecule is Cc1cccc(OCC2CN(C(=O)Nc3ccccc3)CCO2)c1. The molecule has 0 radical (unpaired) electrons. The Morgan fingerprint density at radius 2 is 2.08 bits per heavy atom. The molecule has 0 bridgehead atoms. The van der Waals surface area contributed by atoms with Gasteiger partial charge in [-0.1, -0.05) is 30.3 Å². The Hall–Kier alpha value is -2.53. The van der Waals surface area contributed by atoms with Gasteiger partial charge in [-0.05, 0) is 36.8 Å². The number of anilines is 1. The highest BCUT2D eigenvalue weighted by Gasteiger charge is 2.24. The van der Waals surface area contributed by atoms with Gasteiger partial charge in [0.05, 0.1) is 13.2 Å². The number of carbonyl (C=O) groups excluding carboxylic acids is 1. The molecule has 1 N–H and O–H groups in total. The number of aryl methyl sites for hydroxylation is 1. The third-order valence-corrected chi connectivity index (χ3v) is 3.88. The first-order chi connectivity index (χ1) is 11.7. The number of hydrogen-bond acceptors (Lipinski definition) is 3. The first kappa shape index (κ1) is 16.3. The van der Waals surface area contributed by atoms with Crippen LogP contribution in [-0.4, -0.2) is 43.3 Å². The average Bonchev–Trinajstić information content (AvgIpc) is 2.61. The molecule has 2 aromatic rings. The summed E-state index contributed by atoms with van der Waals surface area (Å²) in [4.78, 5) is 14.1. The fourth-order valence-corrected chi connectivity index (χ4v) is 2.62. The summed E-state index contributed by atoms with van der Waals surface area (Å²) < 4.78 is 11.5. The van der Waals surface area contributed by atoms with Gasteiger partial charge >= 0.3 is 6.03 Å². The number of amides is 2. The quantitative estimate of drug-likeness (QED) is 0.938. The van der Waals surface area contributed by atoms with E-state index in [2.05, 4.69) is 5.32 Å².